The van der Waals surface area contributed by atoms with E-state index in [-0.39, 0.29) is 11.6 Å². The third-order valence-corrected chi connectivity index (χ3v) is 4.22. The number of ketones is 2. The lowest BCUT2D eigenvalue weighted by Crippen LogP contribution is -2.20. The van der Waals surface area contributed by atoms with Crippen LogP contribution >= 0.6 is 0 Å². The Hall–Kier alpha value is -3.26. The van der Waals surface area contributed by atoms with Crippen molar-refractivity contribution in [3.05, 3.63) is 106 Å². The SMILES string of the molecule is O=C1c2ccccc2C(=O)c2cc(C=Cc3ccccc3)ccc21. The molecular weight excluding hydrogens is 296 g/mol. The zero-order valence-corrected chi connectivity index (χ0v) is 12.9. The molecule has 0 radical (unpaired) electrons. The van der Waals surface area contributed by atoms with E-state index in [1.165, 1.54) is 0 Å². The molecule has 1 aliphatic carbocycles. The van der Waals surface area contributed by atoms with Gasteiger partial charge in [0, 0.05) is 22.3 Å². The summed E-state index contributed by atoms with van der Waals surface area (Å²) in [5, 5.41) is 0. The summed E-state index contributed by atoms with van der Waals surface area (Å²) >= 11 is 0. The summed E-state index contributed by atoms with van der Waals surface area (Å²) in [6.45, 7) is 0. The largest absolute Gasteiger partial charge is 0.289 e. The molecule has 24 heavy (non-hydrogen) atoms. The molecule has 2 heteroatoms. The molecule has 114 valence electrons. The third kappa shape index (κ3) is 2.38. The van der Waals surface area contributed by atoms with Gasteiger partial charge in [-0.2, -0.15) is 0 Å². The summed E-state index contributed by atoms with van der Waals surface area (Å²) in [7, 11) is 0. The molecule has 4 rings (SSSR count). The highest BCUT2D eigenvalue weighted by Crippen LogP contribution is 2.28. The van der Waals surface area contributed by atoms with Gasteiger partial charge >= 0.3 is 0 Å². The Balaban J connectivity index is 1.75. The van der Waals surface area contributed by atoms with Gasteiger partial charge in [-0.05, 0) is 23.3 Å². The van der Waals surface area contributed by atoms with E-state index in [1.54, 1.807) is 36.4 Å². The summed E-state index contributed by atoms with van der Waals surface area (Å²) in [6, 6.07) is 22.4. The number of hydrogen-bond donors (Lipinski definition) is 0. The lowest BCUT2D eigenvalue weighted by Gasteiger charge is -2.17. The van der Waals surface area contributed by atoms with Gasteiger partial charge < -0.3 is 0 Å². The molecule has 0 aromatic heterocycles. The first kappa shape index (κ1) is 14.3. The van der Waals surface area contributed by atoms with Gasteiger partial charge in [0.2, 0.25) is 0 Å². The molecule has 1 aliphatic rings. The molecule has 0 saturated heterocycles. The first-order valence-corrected chi connectivity index (χ1v) is 7.79. The van der Waals surface area contributed by atoms with Gasteiger partial charge in [-0.15, -0.1) is 0 Å². The fourth-order valence-electron chi connectivity index (χ4n) is 2.98. The Bertz CT molecular complexity index is 982. The molecule has 3 aromatic carbocycles. The van der Waals surface area contributed by atoms with Crippen LogP contribution in [0.5, 0.6) is 0 Å². The number of carbonyl (C=O) groups is 2. The quantitative estimate of drug-likeness (QED) is 0.506. The summed E-state index contributed by atoms with van der Waals surface area (Å²) in [5.74, 6) is -0.172. The number of benzene rings is 3. The van der Waals surface area contributed by atoms with Crippen molar-refractivity contribution in [2.45, 2.75) is 0 Å². The second kappa shape index (κ2) is 5.74. The lowest BCUT2D eigenvalue weighted by atomic mass is 9.83. The number of carbonyl (C=O) groups excluding carboxylic acids is 2. The standard InChI is InChI=1S/C22H14O2/c23-21-17-8-4-5-9-18(17)22(24)20-14-16(12-13-19(20)21)11-10-15-6-2-1-3-7-15/h1-14H. The molecule has 0 fully saturated rings. The summed E-state index contributed by atoms with van der Waals surface area (Å²) in [5.41, 5.74) is 3.92. The fourth-order valence-corrected chi connectivity index (χ4v) is 2.98. The predicted octanol–water partition coefficient (Wildman–Crippen LogP) is 4.63. The molecule has 0 saturated carbocycles. The second-order valence-electron chi connectivity index (χ2n) is 5.75. The van der Waals surface area contributed by atoms with Crippen LogP contribution in [0.4, 0.5) is 0 Å². The molecule has 2 nitrogen and oxygen atoms in total. The van der Waals surface area contributed by atoms with Gasteiger partial charge in [0.15, 0.2) is 11.6 Å². The van der Waals surface area contributed by atoms with E-state index in [9.17, 15) is 9.59 Å². The normalized spacial score (nSPS) is 13.0. The van der Waals surface area contributed by atoms with Crippen LogP contribution in [0.3, 0.4) is 0 Å². The van der Waals surface area contributed by atoms with Crippen LogP contribution in [0, 0.1) is 0 Å². The van der Waals surface area contributed by atoms with Crippen LogP contribution < -0.4 is 0 Å². The Morgan fingerprint density at radius 3 is 1.75 bits per heavy atom. The van der Waals surface area contributed by atoms with Crippen molar-refractivity contribution in [3.8, 4) is 0 Å². The van der Waals surface area contributed by atoms with Gasteiger partial charge in [-0.3, -0.25) is 9.59 Å². The average Bonchev–Trinajstić information content (AvgIpc) is 2.65. The molecule has 0 unspecified atom stereocenters. The lowest BCUT2D eigenvalue weighted by molar-refractivity contribution is 0.0979. The molecule has 3 aromatic rings. The minimum atomic E-state index is -0.0878. The highest BCUT2D eigenvalue weighted by molar-refractivity contribution is 6.28. The van der Waals surface area contributed by atoms with Gasteiger partial charge in [0.1, 0.15) is 0 Å². The first-order valence-electron chi connectivity index (χ1n) is 7.79. The summed E-state index contributed by atoms with van der Waals surface area (Å²) < 4.78 is 0. The molecule has 0 heterocycles. The molecular formula is C22H14O2. The minimum Gasteiger partial charge on any atom is -0.289 e. The van der Waals surface area contributed by atoms with E-state index < -0.39 is 0 Å². The summed E-state index contributed by atoms with van der Waals surface area (Å²) in [6.07, 6.45) is 3.94. The molecule has 0 bridgehead atoms. The summed E-state index contributed by atoms with van der Waals surface area (Å²) in [4.78, 5) is 25.3. The molecule has 0 spiro atoms. The van der Waals surface area contributed by atoms with Crippen molar-refractivity contribution in [1.82, 2.24) is 0 Å². The monoisotopic (exact) mass is 310 g/mol. The molecule has 0 amide bonds. The van der Waals surface area contributed by atoms with Gasteiger partial charge in [0.05, 0.1) is 0 Å². The third-order valence-electron chi connectivity index (χ3n) is 4.22. The van der Waals surface area contributed by atoms with Crippen LogP contribution in [0.15, 0.2) is 72.8 Å². The van der Waals surface area contributed by atoms with Crippen LogP contribution in [0.1, 0.15) is 43.0 Å². The molecule has 0 atom stereocenters. The maximum Gasteiger partial charge on any atom is 0.194 e. The van der Waals surface area contributed by atoms with E-state index in [2.05, 4.69) is 0 Å². The highest BCUT2D eigenvalue weighted by atomic mass is 16.1. The van der Waals surface area contributed by atoms with E-state index >= 15 is 0 Å². The molecule has 0 aliphatic heterocycles. The second-order valence-corrected chi connectivity index (χ2v) is 5.75. The maximum atomic E-state index is 12.7. The topological polar surface area (TPSA) is 34.1 Å². The smallest absolute Gasteiger partial charge is 0.194 e. The zero-order valence-electron chi connectivity index (χ0n) is 12.9. The predicted molar refractivity (Wildman–Crippen MR) is 95.1 cm³/mol. The van der Waals surface area contributed by atoms with Crippen molar-refractivity contribution in [2.75, 3.05) is 0 Å². The van der Waals surface area contributed by atoms with Crippen LogP contribution in [0.2, 0.25) is 0 Å². The van der Waals surface area contributed by atoms with E-state index in [4.69, 9.17) is 0 Å². The zero-order chi connectivity index (χ0) is 16.5. The Morgan fingerprint density at radius 1 is 0.500 bits per heavy atom. The number of fused-ring (bicyclic) bond motifs is 2. The number of rotatable bonds is 2. The van der Waals surface area contributed by atoms with E-state index in [0.717, 1.165) is 11.1 Å². The average molecular weight is 310 g/mol. The van der Waals surface area contributed by atoms with Crippen LogP contribution in [-0.2, 0) is 0 Å². The van der Waals surface area contributed by atoms with Crippen molar-refractivity contribution < 1.29 is 9.59 Å². The maximum absolute atomic E-state index is 12.7. The first-order chi connectivity index (χ1) is 11.7. The van der Waals surface area contributed by atoms with Gasteiger partial charge in [0.25, 0.3) is 0 Å². The van der Waals surface area contributed by atoms with Crippen molar-refractivity contribution in [1.29, 1.82) is 0 Å². The van der Waals surface area contributed by atoms with Crippen LogP contribution in [0.25, 0.3) is 12.2 Å². The Kier molecular flexibility index (Phi) is 3.43. The van der Waals surface area contributed by atoms with Crippen LogP contribution in [-0.4, -0.2) is 11.6 Å². The minimum absolute atomic E-state index is 0.0845. The van der Waals surface area contributed by atoms with Crippen molar-refractivity contribution in [2.24, 2.45) is 0 Å². The van der Waals surface area contributed by atoms with Gasteiger partial charge in [-0.25, -0.2) is 0 Å². The van der Waals surface area contributed by atoms with E-state index in [1.807, 2.05) is 48.6 Å². The molecule has 0 N–H and O–H groups in total. The highest BCUT2D eigenvalue weighted by Gasteiger charge is 2.28. The Labute approximate surface area is 140 Å². The van der Waals surface area contributed by atoms with Crippen molar-refractivity contribution >= 4 is 23.7 Å². The Morgan fingerprint density at radius 2 is 1.04 bits per heavy atom. The fraction of sp³-hybridized carbons (Fsp3) is 0. The number of hydrogen-bond acceptors (Lipinski definition) is 2. The van der Waals surface area contributed by atoms with Gasteiger partial charge in [-0.1, -0.05) is 72.8 Å². The van der Waals surface area contributed by atoms with Crippen molar-refractivity contribution in [3.63, 3.8) is 0 Å². The van der Waals surface area contributed by atoms with E-state index in [0.29, 0.717) is 22.3 Å².